The number of rotatable bonds is 8. The number of aromatic nitrogens is 1. The molecule has 33 heavy (non-hydrogen) atoms. The molecular formula is C24H27FN2O5Si. The number of benzene rings is 2. The molecule has 0 radical (unpaired) electrons. The van der Waals surface area contributed by atoms with Crippen molar-refractivity contribution in [3.63, 3.8) is 0 Å². The summed E-state index contributed by atoms with van der Waals surface area (Å²) in [5, 5.41) is 3.02. The Hall–Kier alpha value is -3.46. The molecule has 0 aliphatic rings. The number of carbonyl (C=O) groups excluding carboxylic acids is 2. The van der Waals surface area contributed by atoms with Crippen LogP contribution in [0.1, 0.15) is 27.7 Å². The largest absolute Gasteiger partial charge is 0.497 e. The maximum absolute atomic E-state index is 14.9. The van der Waals surface area contributed by atoms with Gasteiger partial charge >= 0.3 is 0 Å². The van der Waals surface area contributed by atoms with Gasteiger partial charge in [0.15, 0.2) is 5.78 Å². The Kier molecular flexibility index (Phi) is 7.02. The second kappa shape index (κ2) is 9.58. The Morgan fingerprint density at radius 2 is 1.79 bits per heavy atom. The van der Waals surface area contributed by atoms with Crippen molar-refractivity contribution in [2.45, 2.75) is 32.1 Å². The van der Waals surface area contributed by atoms with Crippen molar-refractivity contribution < 1.29 is 23.2 Å². The minimum absolute atomic E-state index is 0.205. The number of nitrogens with zero attached hydrogens (tertiary/aromatic N) is 1. The highest BCUT2D eigenvalue weighted by atomic mass is 28.3. The number of ether oxygens (including phenoxy) is 1. The SMILES string of the molecule is COc1ccc(C(C(=O)Cc2ccc([Si](C)(C)C)cc2F)N(C)C(=O)c2cc(=O)[nH]o2)cc1. The van der Waals surface area contributed by atoms with E-state index in [9.17, 15) is 18.8 Å². The van der Waals surface area contributed by atoms with Crippen molar-refractivity contribution in [3.8, 4) is 5.75 Å². The minimum atomic E-state index is -1.71. The third-order valence-corrected chi connectivity index (χ3v) is 7.51. The molecule has 0 saturated carbocycles. The number of aromatic amines is 1. The van der Waals surface area contributed by atoms with Gasteiger partial charge in [-0.1, -0.05) is 49.1 Å². The van der Waals surface area contributed by atoms with E-state index in [1.165, 1.54) is 25.1 Å². The number of H-pyrrole nitrogens is 1. The fourth-order valence-corrected chi connectivity index (χ4v) is 4.68. The van der Waals surface area contributed by atoms with E-state index in [1.807, 2.05) is 6.07 Å². The molecule has 0 aliphatic carbocycles. The summed E-state index contributed by atoms with van der Waals surface area (Å²) < 4.78 is 24.9. The van der Waals surface area contributed by atoms with E-state index in [-0.39, 0.29) is 23.5 Å². The predicted molar refractivity (Wildman–Crippen MR) is 125 cm³/mol. The molecule has 1 unspecified atom stereocenters. The van der Waals surface area contributed by atoms with Crippen LogP contribution < -0.4 is 15.5 Å². The van der Waals surface area contributed by atoms with Crippen LogP contribution in [0.3, 0.4) is 0 Å². The molecule has 7 nitrogen and oxygen atoms in total. The zero-order chi connectivity index (χ0) is 24.3. The summed E-state index contributed by atoms with van der Waals surface area (Å²) in [7, 11) is 1.25. The summed E-state index contributed by atoms with van der Waals surface area (Å²) in [5.74, 6) is -1.11. The van der Waals surface area contributed by atoms with Crippen LogP contribution in [0.4, 0.5) is 4.39 Å². The smallest absolute Gasteiger partial charge is 0.293 e. The van der Waals surface area contributed by atoms with Crippen molar-refractivity contribution in [1.29, 1.82) is 0 Å². The molecule has 1 heterocycles. The number of nitrogens with one attached hydrogen (secondary N) is 1. The summed E-state index contributed by atoms with van der Waals surface area (Å²) in [4.78, 5) is 38.9. The van der Waals surface area contributed by atoms with Gasteiger partial charge in [-0.3, -0.25) is 14.4 Å². The molecule has 0 saturated heterocycles. The second-order valence-corrected chi connectivity index (χ2v) is 13.9. The van der Waals surface area contributed by atoms with Crippen LogP contribution >= 0.6 is 0 Å². The lowest BCUT2D eigenvalue weighted by molar-refractivity contribution is -0.122. The molecule has 3 aromatic rings. The first-order valence-electron chi connectivity index (χ1n) is 10.4. The molecule has 1 amide bonds. The topological polar surface area (TPSA) is 92.6 Å². The first-order valence-corrected chi connectivity index (χ1v) is 13.9. The third kappa shape index (κ3) is 5.48. The Labute approximate surface area is 192 Å². The van der Waals surface area contributed by atoms with Gasteiger partial charge in [0.05, 0.1) is 21.3 Å². The fraction of sp³-hybridized carbons (Fsp3) is 0.292. The van der Waals surface area contributed by atoms with Crippen LogP contribution in [-0.4, -0.2) is 44.0 Å². The number of hydrogen-bond donors (Lipinski definition) is 1. The Bertz CT molecular complexity index is 1210. The molecule has 174 valence electrons. The van der Waals surface area contributed by atoms with Crippen molar-refractivity contribution in [2.75, 3.05) is 14.2 Å². The molecule has 0 fully saturated rings. The van der Waals surface area contributed by atoms with E-state index in [2.05, 4.69) is 24.8 Å². The monoisotopic (exact) mass is 470 g/mol. The van der Waals surface area contributed by atoms with Crippen molar-refractivity contribution >= 4 is 25.0 Å². The zero-order valence-electron chi connectivity index (χ0n) is 19.3. The molecule has 1 atom stereocenters. The molecule has 3 rings (SSSR count). The first kappa shape index (κ1) is 24.2. The van der Waals surface area contributed by atoms with Crippen LogP contribution in [0, 0.1) is 5.82 Å². The van der Waals surface area contributed by atoms with Crippen molar-refractivity contribution in [2.24, 2.45) is 0 Å². The van der Waals surface area contributed by atoms with Gasteiger partial charge in [0, 0.05) is 13.5 Å². The lowest BCUT2D eigenvalue weighted by Crippen LogP contribution is -2.38. The fourth-order valence-electron chi connectivity index (χ4n) is 3.53. The van der Waals surface area contributed by atoms with Crippen molar-refractivity contribution in [3.05, 3.63) is 81.6 Å². The average Bonchev–Trinajstić information content (AvgIpc) is 3.20. The van der Waals surface area contributed by atoms with Crippen LogP contribution in [0.25, 0.3) is 0 Å². The van der Waals surface area contributed by atoms with Gasteiger partial charge in [0.2, 0.25) is 5.76 Å². The highest BCUT2D eigenvalue weighted by Crippen LogP contribution is 2.26. The molecule has 1 N–H and O–H groups in total. The van der Waals surface area contributed by atoms with Crippen LogP contribution in [-0.2, 0) is 11.2 Å². The lowest BCUT2D eigenvalue weighted by atomic mass is 9.96. The predicted octanol–water partition coefficient (Wildman–Crippen LogP) is 3.29. The van der Waals surface area contributed by atoms with Gasteiger partial charge in [-0.2, -0.15) is 5.16 Å². The quantitative estimate of drug-likeness (QED) is 0.510. The van der Waals surface area contributed by atoms with Crippen LogP contribution in [0.15, 0.2) is 57.8 Å². The standard InChI is InChI=1S/C24H27FN2O5Si/c1-27(24(30)21-14-22(29)26-32-21)23(15-6-9-17(31-2)10-7-15)20(28)12-16-8-11-18(13-19(16)25)33(3,4)5/h6-11,13-14,23H,12H2,1-5H3,(H,26,29). The highest BCUT2D eigenvalue weighted by molar-refractivity contribution is 6.88. The number of methoxy groups -OCH3 is 1. The highest BCUT2D eigenvalue weighted by Gasteiger charge is 2.31. The first-order chi connectivity index (χ1) is 15.5. The van der Waals surface area contributed by atoms with E-state index >= 15 is 0 Å². The third-order valence-electron chi connectivity index (χ3n) is 5.46. The Balaban J connectivity index is 1.95. The van der Waals surface area contributed by atoms with Gasteiger partial charge in [-0.15, -0.1) is 0 Å². The van der Waals surface area contributed by atoms with Crippen LogP contribution in [0.2, 0.25) is 19.6 Å². The van der Waals surface area contributed by atoms with Crippen LogP contribution in [0.5, 0.6) is 5.75 Å². The maximum atomic E-state index is 14.9. The molecule has 0 bridgehead atoms. The van der Waals surface area contributed by atoms with Gasteiger partial charge in [0.1, 0.15) is 17.6 Å². The molecule has 1 aromatic heterocycles. The van der Waals surface area contributed by atoms with E-state index in [1.54, 1.807) is 30.3 Å². The number of ketones is 1. The summed E-state index contributed by atoms with van der Waals surface area (Å²) >= 11 is 0. The van der Waals surface area contributed by atoms with E-state index in [0.29, 0.717) is 11.3 Å². The number of Topliss-reactive ketones (excluding diaryl/α,β-unsaturated/α-hetero) is 1. The van der Waals surface area contributed by atoms with Gasteiger partial charge in [-0.25, -0.2) is 4.39 Å². The number of likely N-dealkylation sites (N-methyl/N-ethyl adjacent to an activating group) is 1. The molecular weight excluding hydrogens is 443 g/mol. The lowest BCUT2D eigenvalue weighted by Gasteiger charge is -2.27. The zero-order valence-corrected chi connectivity index (χ0v) is 20.3. The summed E-state index contributed by atoms with van der Waals surface area (Å²) in [6, 6.07) is 11.7. The van der Waals surface area contributed by atoms with E-state index in [0.717, 1.165) is 11.3 Å². The Morgan fingerprint density at radius 1 is 1.12 bits per heavy atom. The Morgan fingerprint density at radius 3 is 2.30 bits per heavy atom. The molecule has 0 aliphatic heterocycles. The maximum Gasteiger partial charge on any atom is 0.293 e. The summed E-state index contributed by atoms with van der Waals surface area (Å²) in [6.45, 7) is 6.35. The van der Waals surface area contributed by atoms with Gasteiger partial charge in [0.25, 0.3) is 11.5 Å². The number of halogens is 1. The average molecular weight is 471 g/mol. The second-order valence-electron chi connectivity index (χ2n) is 8.87. The molecule has 0 spiro atoms. The molecule has 9 heteroatoms. The van der Waals surface area contributed by atoms with E-state index in [4.69, 9.17) is 9.26 Å². The number of carbonyl (C=O) groups is 2. The molecule has 2 aromatic carbocycles. The summed E-state index contributed by atoms with van der Waals surface area (Å²) in [6.07, 6.45) is -0.205. The summed E-state index contributed by atoms with van der Waals surface area (Å²) in [5.41, 5.74) is 0.215. The van der Waals surface area contributed by atoms with Crippen molar-refractivity contribution in [1.82, 2.24) is 10.1 Å². The van der Waals surface area contributed by atoms with Gasteiger partial charge in [-0.05, 0) is 29.3 Å². The normalized spacial score (nSPS) is 12.3. The minimum Gasteiger partial charge on any atom is -0.497 e. The van der Waals surface area contributed by atoms with E-state index < -0.39 is 31.4 Å². The number of hydrogen-bond acceptors (Lipinski definition) is 5. The van der Waals surface area contributed by atoms with Gasteiger partial charge < -0.3 is 14.2 Å². The number of amides is 1.